The van der Waals surface area contributed by atoms with Crippen LogP contribution in [-0.2, 0) is 23.9 Å². The van der Waals surface area contributed by atoms with Gasteiger partial charge in [-0.25, -0.2) is 4.79 Å². The molecule has 3 N–H and O–H groups in total. The molecule has 0 aliphatic carbocycles. The maximum atomic E-state index is 13.8. The minimum atomic E-state index is -2.04. The molecule has 0 spiro atoms. The standard InChI is InChI=1S/C29H26N4O6/c1-3-39-28(38)29(2)22(24(34)26(36)30-20-15-9-5-10-16-20)23(27(37)33(29)21-17-11-6-12-18-21)31-32-25(35)19-13-7-4-8-14-19/h4-18,31H,3H2,1-2H3,(H,30,36)(H,32,35)/t29-/m1/s1. The second kappa shape index (κ2) is 11.4. The van der Waals surface area contributed by atoms with E-state index < -0.39 is 46.3 Å². The summed E-state index contributed by atoms with van der Waals surface area (Å²) in [5, 5.41) is 2.49. The minimum Gasteiger partial charge on any atom is -0.464 e. The number of hydrogen-bond donors (Lipinski definition) is 3. The molecule has 0 unspecified atom stereocenters. The van der Waals surface area contributed by atoms with Crippen LogP contribution >= 0.6 is 0 Å². The molecule has 4 rings (SSSR count). The predicted octanol–water partition coefficient (Wildman–Crippen LogP) is 2.75. The largest absolute Gasteiger partial charge is 0.464 e. The van der Waals surface area contributed by atoms with E-state index in [1.807, 2.05) is 0 Å². The number of ketones is 1. The molecule has 39 heavy (non-hydrogen) atoms. The molecule has 1 aliphatic rings. The van der Waals surface area contributed by atoms with E-state index in [1.165, 1.54) is 6.92 Å². The fourth-order valence-electron chi connectivity index (χ4n) is 4.25. The van der Waals surface area contributed by atoms with Gasteiger partial charge >= 0.3 is 5.97 Å². The summed E-state index contributed by atoms with van der Waals surface area (Å²) in [6.07, 6.45) is 0. The number of esters is 1. The Bertz CT molecular complexity index is 1440. The highest BCUT2D eigenvalue weighted by Gasteiger charge is 2.58. The van der Waals surface area contributed by atoms with E-state index in [2.05, 4.69) is 16.2 Å². The van der Waals surface area contributed by atoms with Crippen LogP contribution in [0.25, 0.3) is 0 Å². The third-order valence-corrected chi connectivity index (χ3v) is 6.09. The third-order valence-electron chi connectivity index (χ3n) is 6.09. The van der Waals surface area contributed by atoms with Gasteiger partial charge in [0.05, 0.1) is 12.2 Å². The number of nitrogens with zero attached hydrogens (tertiary/aromatic N) is 1. The molecule has 10 nitrogen and oxygen atoms in total. The summed E-state index contributed by atoms with van der Waals surface area (Å²) in [6.45, 7) is 2.86. The minimum absolute atomic E-state index is 0.0452. The van der Waals surface area contributed by atoms with Gasteiger partial charge in [0, 0.05) is 16.9 Å². The lowest BCUT2D eigenvalue weighted by atomic mass is 9.88. The molecule has 1 aliphatic heterocycles. The number of hydrazine groups is 1. The SMILES string of the molecule is CCOC(=O)[C@@]1(C)C(C(=O)C(=O)Nc2ccccc2)=C(NNC(=O)c2ccccc2)C(=O)N1c1ccccc1. The molecule has 1 atom stereocenters. The van der Waals surface area contributed by atoms with Gasteiger partial charge in [-0.05, 0) is 50.2 Å². The predicted molar refractivity (Wildman–Crippen MR) is 143 cm³/mol. The summed E-state index contributed by atoms with van der Waals surface area (Å²) >= 11 is 0. The van der Waals surface area contributed by atoms with Gasteiger partial charge in [0.2, 0.25) is 0 Å². The molecule has 0 bridgehead atoms. The molecule has 0 saturated carbocycles. The van der Waals surface area contributed by atoms with Crippen molar-refractivity contribution in [1.82, 2.24) is 10.9 Å². The Morgan fingerprint density at radius 2 is 1.41 bits per heavy atom. The van der Waals surface area contributed by atoms with Gasteiger partial charge in [-0.3, -0.25) is 34.9 Å². The van der Waals surface area contributed by atoms with E-state index in [9.17, 15) is 24.0 Å². The number of ether oxygens (including phenoxy) is 1. The van der Waals surface area contributed by atoms with Crippen LogP contribution in [0.1, 0.15) is 24.2 Å². The van der Waals surface area contributed by atoms with Crippen LogP contribution in [0.4, 0.5) is 11.4 Å². The Morgan fingerprint density at radius 1 is 0.846 bits per heavy atom. The number of carbonyl (C=O) groups excluding carboxylic acids is 5. The Kier molecular flexibility index (Phi) is 7.85. The van der Waals surface area contributed by atoms with Crippen molar-refractivity contribution in [1.29, 1.82) is 0 Å². The first kappa shape index (κ1) is 26.8. The quantitative estimate of drug-likeness (QED) is 0.222. The molecule has 0 fully saturated rings. The monoisotopic (exact) mass is 526 g/mol. The molecule has 0 radical (unpaired) electrons. The lowest BCUT2D eigenvalue weighted by molar-refractivity contribution is -0.149. The molecular formula is C29H26N4O6. The van der Waals surface area contributed by atoms with Crippen molar-refractivity contribution in [3.63, 3.8) is 0 Å². The first-order chi connectivity index (χ1) is 18.8. The normalized spacial score (nSPS) is 16.5. The van der Waals surface area contributed by atoms with E-state index in [0.717, 1.165) is 4.90 Å². The van der Waals surface area contributed by atoms with Gasteiger partial charge < -0.3 is 10.1 Å². The van der Waals surface area contributed by atoms with E-state index in [-0.39, 0.29) is 17.9 Å². The van der Waals surface area contributed by atoms with Crippen molar-refractivity contribution >= 4 is 40.8 Å². The van der Waals surface area contributed by atoms with Crippen LogP contribution in [0.5, 0.6) is 0 Å². The molecule has 0 aromatic heterocycles. The smallest absolute Gasteiger partial charge is 0.337 e. The summed E-state index contributed by atoms with van der Waals surface area (Å²) in [7, 11) is 0. The number of anilines is 2. The first-order valence-electron chi connectivity index (χ1n) is 12.1. The number of carbonyl (C=O) groups is 5. The maximum Gasteiger partial charge on any atom is 0.337 e. The molecule has 3 aromatic carbocycles. The third kappa shape index (κ3) is 5.26. The van der Waals surface area contributed by atoms with Crippen LogP contribution in [0.15, 0.2) is 102 Å². The lowest BCUT2D eigenvalue weighted by Gasteiger charge is -2.34. The highest BCUT2D eigenvalue weighted by atomic mass is 16.5. The van der Waals surface area contributed by atoms with Crippen molar-refractivity contribution in [2.45, 2.75) is 19.4 Å². The summed E-state index contributed by atoms with van der Waals surface area (Å²) in [4.78, 5) is 67.9. The van der Waals surface area contributed by atoms with Gasteiger partial charge in [0.25, 0.3) is 23.5 Å². The van der Waals surface area contributed by atoms with E-state index in [1.54, 1.807) is 97.9 Å². The van der Waals surface area contributed by atoms with Crippen molar-refractivity contribution in [2.24, 2.45) is 0 Å². The molecule has 0 saturated heterocycles. The number of nitrogens with one attached hydrogen (secondary N) is 3. The van der Waals surface area contributed by atoms with Crippen LogP contribution in [-0.4, -0.2) is 41.6 Å². The number of amides is 3. The molecule has 10 heteroatoms. The van der Waals surface area contributed by atoms with Crippen molar-refractivity contribution < 1.29 is 28.7 Å². The number of hydrogen-bond acceptors (Lipinski definition) is 7. The number of Topliss-reactive ketones (excluding diaryl/α,β-unsaturated/α-hetero) is 1. The summed E-state index contributed by atoms with van der Waals surface area (Å²) < 4.78 is 5.28. The highest BCUT2D eigenvalue weighted by Crippen LogP contribution is 2.40. The van der Waals surface area contributed by atoms with Crippen molar-refractivity contribution in [3.8, 4) is 0 Å². The molecule has 3 aromatic rings. The van der Waals surface area contributed by atoms with Crippen LogP contribution in [0, 0.1) is 0 Å². The maximum absolute atomic E-state index is 13.8. The zero-order chi connectivity index (χ0) is 28.0. The zero-order valence-electron chi connectivity index (χ0n) is 21.3. The fourth-order valence-corrected chi connectivity index (χ4v) is 4.25. The number of rotatable bonds is 9. The van der Waals surface area contributed by atoms with Gasteiger partial charge in [-0.1, -0.05) is 54.6 Å². The van der Waals surface area contributed by atoms with E-state index in [4.69, 9.17) is 4.74 Å². The zero-order valence-corrected chi connectivity index (χ0v) is 21.3. The van der Waals surface area contributed by atoms with E-state index in [0.29, 0.717) is 5.69 Å². The van der Waals surface area contributed by atoms with Crippen molar-refractivity contribution in [2.75, 3.05) is 16.8 Å². The van der Waals surface area contributed by atoms with Crippen LogP contribution in [0.2, 0.25) is 0 Å². The second-order valence-corrected chi connectivity index (χ2v) is 8.61. The molecule has 3 amide bonds. The Labute approximate surface area is 224 Å². The van der Waals surface area contributed by atoms with E-state index >= 15 is 0 Å². The summed E-state index contributed by atoms with van der Waals surface area (Å²) in [5.41, 5.74) is 2.84. The topological polar surface area (TPSA) is 134 Å². The highest BCUT2D eigenvalue weighted by molar-refractivity contribution is 6.49. The average Bonchev–Trinajstić information content (AvgIpc) is 3.19. The number of benzene rings is 3. The van der Waals surface area contributed by atoms with Gasteiger partial charge in [0.1, 0.15) is 5.70 Å². The van der Waals surface area contributed by atoms with Gasteiger partial charge in [0.15, 0.2) is 5.54 Å². The summed E-state index contributed by atoms with van der Waals surface area (Å²) in [5.74, 6) is -4.58. The molecular weight excluding hydrogens is 500 g/mol. The Balaban J connectivity index is 1.81. The molecule has 198 valence electrons. The Morgan fingerprint density at radius 3 is 2.00 bits per heavy atom. The van der Waals surface area contributed by atoms with Gasteiger partial charge in [-0.15, -0.1) is 0 Å². The van der Waals surface area contributed by atoms with Gasteiger partial charge in [-0.2, -0.15) is 0 Å². The summed E-state index contributed by atoms with van der Waals surface area (Å²) in [6, 6.07) is 24.6. The molecule has 1 heterocycles. The van der Waals surface area contributed by atoms with Crippen molar-refractivity contribution in [3.05, 3.63) is 108 Å². The Hall–Kier alpha value is -5.25. The lowest BCUT2D eigenvalue weighted by Crippen LogP contribution is -2.55. The second-order valence-electron chi connectivity index (χ2n) is 8.61. The number of para-hydroxylation sites is 2. The van der Waals surface area contributed by atoms with Crippen LogP contribution < -0.4 is 21.1 Å². The first-order valence-corrected chi connectivity index (χ1v) is 12.1. The van der Waals surface area contributed by atoms with Crippen LogP contribution in [0.3, 0.4) is 0 Å². The fraction of sp³-hybridized carbons (Fsp3) is 0.138. The average molecular weight is 527 g/mol.